The first-order valence-corrected chi connectivity index (χ1v) is 6.76. The molecule has 4 unspecified atom stereocenters. The number of carbonyl (C=O) groups is 2. The number of fused-ring (bicyclic) bond motifs is 5. The summed E-state index contributed by atoms with van der Waals surface area (Å²) in [5.74, 6) is -1.20. The molecule has 2 bridgehead atoms. The summed E-state index contributed by atoms with van der Waals surface area (Å²) in [6.45, 7) is 3.60. The summed E-state index contributed by atoms with van der Waals surface area (Å²) in [6.07, 6.45) is 5.23. The van der Waals surface area contributed by atoms with E-state index in [2.05, 4.69) is 0 Å². The van der Waals surface area contributed by atoms with Crippen LogP contribution in [0.25, 0.3) is 0 Å². The summed E-state index contributed by atoms with van der Waals surface area (Å²) in [5.41, 5.74) is -1.97. The second kappa shape index (κ2) is 2.94. The van der Waals surface area contributed by atoms with Crippen LogP contribution in [0.15, 0.2) is 12.2 Å². The Hall–Kier alpha value is -1.20. The summed E-state index contributed by atoms with van der Waals surface area (Å²) in [7, 11) is 0. The molecule has 1 aliphatic carbocycles. The largest absolute Gasteiger partial charge is 0.394 e. The number of ether oxygens (including phenoxy) is 1. The van der Waals surface area contributed by atoms with Crippen molar-refractivity contribution in [3.63, 3.8) is 0 Å². The number of amides is 2. The van der Waals surface area contributed by atoms with Crippen LogP contribution in [0.2, 0.25) is 0 Å². The Kier molecular flexibility index (Phi) is 1.79. The molecule has 4 aliphatic rings. The zero-order valence-corrected chi connectivity index (χ0v) is 11.0. The van der Waals surface area contributed by atoms with Crippen LogP contribution in [-0.4, -0.2) is 45.2 Å². The molecule has 5 heteroatoms. The van der Waals surface area contributed by atoms with Gasteiger partial charge in [0.05, 0.1) is 35.2 Å². The molecule has 3 fully saturated rings. The predicted molar refractivity (Wildman–Crippen MR) is 64.9 cm³/mol. The number of likely N-dealkylation sites (tertiary alicyclic amines) is 1. The Morgan fingerprint density at radius 2 is 1.68 bits per heavy atom. The highest BCUT2D eigenvalue weighted by molar-refractivity contribution is 6.08. The minimum absolute atomic E-state index is 0.133. The number of hydrogen-bond donors (Lipinski definition) is 1. The number of hydrogen-bond acceptors (Lipinski definition) is 4. The zero-order chi connectivity index (χ0) is 13.6. The van der Waals surface area contributed by atoms with Crippen molar-refractivity contribution in [2.45, 2.75) is 43.4 Å². The molecular formula is C14H17NO4. The van der Waals surface area contributed by atoms with Gasteiger partial charge in [0.15, 0.2) is 0 Å². The van der Waals surface area contributed by atoms with E-state index in [-0.39, 0.29) is 18.4 Å². The van der Waals surface area contributed by atoms with Crippen molar-refractivity contribution in [2.24, 2.45) is 11.8 Å². The average Bonchev–Trinajstić information content (AvgIpc) is 2.92. The van der Waals surface area contributed by atoms with Crippen molar-refractivity contribution in [3.8, 4) is 0 Å². The highest BCUT2D eigenvalue weighted by Gasteiger charge is 2.73. The van der Waals surface area contributed by atoms with Gasteiger partial charge in [-0.3, -0.25) is 14.5 Å². The van der Waals surface area contributed by atoms with Gasteiger partial charge < -0.3 is 9.84 Å². The molecule has 2 amide bonds. The number of nitrogens with zero attached hydrogens (tertiary/aromatic N) is 1. The highest BCUT2D eigenvalue weighted by Crippen LogP contribution is 2.59. The topological polar surface area (TPSA) is 66.8 Å². The average molecular weight is 263 g/mol. The van der Waals surface area contributed by atoms with Crippen molar-refractivity contribution in [1.82, 2.24) is 4.90 Å². The monoisotopic (exact) mass is 263 g/mol. The van der Waals surface area contributed by atoms with Gasteiger partial charge in [-0.2, -0.15) is 0 Å². The minimum Gasteiger partial charge on any atom is -0.394 e. The molecule has 4 rings (SSSR count). The Labute approximate surface area is 111 Å². The lowest BCUT2D eigenvalue weighted by atomic mass is 9.73. The maximum absolute atomic E-state index is 12.7. The molecule has 4 atom stereocenters. The number of rotatable bonds is 2. The fourth-order valence-electron chi connectivity index (χ4n) is 4.10. The molecule has 1 saturated carbocycles. The first-order valence-electron chi connectivity index (χ1n) is 6.76. The first-order chi connectivity index (χ1) is 8.87. The van der Waals surface area contributed by atoms with Gasteiger partial charge in [-0.05, 0) is 26.7 Å². The van der Waals surface area contributed by atoms with Gasteiger partial charge in [-0.25, -0.2) is 0 Å². The van der Waals surface area contributed by atoms with Gasteiger partial charge in [0.25, 0.3) is 0 Å². The number of aliphatic hydroxyl groups excluding tert-OH is 1. The Bertz CT molecular complexity index is 502. The summed E-state index contributed by atoms with van der Waals surface area (Å²) in [5, 5.41) is 9.50. The van der Waals surface area contributed by atoms with E-state index < -0.39 is 28.6 Å². The van der Waals surface area contributed by atoms with Crippen LogP contribution >= 0.6 is 0 Å². The first kappa shape index (κ1) is 11.6. The van der Waals surface area contributed by atoms with Crippen LogP contribution in [-0.2, 0) is 14.3 Å². The third-order valence-corrected chi connectivity index (χ3v) is 5.32. The molecule has 1 N–H and O–H groups in total. The van der Waals surface area contributed by atoms with E-state index in [1.807, 2.05) is 26.0 Å². The molecule has 0 aromatic rings. The van der Waals surface area contributed by atoms with E-state index in [0.29, 0.717) is 12.8 Å². The van der Waals surface area contributed by atoms with Gasteiger partial charge in [-0.15, -0.1) is 0 Å². The lowest BCUT2D eigenvalue weighted by Crippen LogP contribution is -2.48. The minimum atomic E-state index is -0.674. The van der Waals surface area contributed by atoms with E-state index in [1.54, 1.807) is 0 Å². The molecule has 0 aromatic heterocycles. The maximum Gasteiger partial charge on any atom is 0.237 e. The summed E-state index contributed by atoms with van der Waals surface area (Å²) in [6, 6.07) is 0. The fraction of sp³-hybridized carbons (Fsp3) is 0.714. The summed E-state index contributed by atoms with van der Waals surface area (Å²) >= 11 is 0. The standard InChI is InChI=1S/C14H17NO4/c1-12-3-4-13(2,19-12)9-8(12)10(17)15(11(9)18)14(7-16)5-6-14/h3-4,8-9,16H,5-7H2,1-2H3. The van der Waals surface area contributed by atoms with Crippen LogP contribution in [0, 0.1) is 11.8 Å². The molecule has 0 radical (unpaired) electrons. The van der Waals surface area contributed by atoms with E-state index in [0.717, 1.165) is 0 Å². The van der Waals surface area contributed by atoms with Crippen molar-refractivity contribution in [2.75, 3.05) is 6.61 Å². The quantitative estimate of drug-likeness (QED) is 0.572. The smallest absolute Gasteiger partial charge is 0.237 e. The molecular weight excluding hydrogens is 246 g/mol. The summed E-state index contributed by atoms with van der Waals surface area (Å²) in [4.78, 5) is 26.7. The second-order valence-corrected chi connectivity index (χ2v) is 6.65. The normalized spacial score (nSPS) is 49.1. The molecule has 0 aromatic carbocycles. The highest BCUT2D eigenvalue weighted by atomic mass is 16.5. The molecule has 0 spiro atoms. The van der Waals surface area contributed by atoms with Crippen LogP contribution in [0.4, 0.5) is 0 Å². The van der Waals surface area contributed by atoms with Gasteiger partial charge in [0.2, 0.25) is 11.8 Å². The van der Waals surface area contributed by atoms with Crippen molar-refractivity contribution in [3.05, 3.63) is 12.2 Å². The molecule has 19 heavy (non-hydrogen) atoms. The molecule has 3 heterocycles. The third kappa shape index (κ3) is 1.10. The number of imide groups is 1. The van der Waals surface area contributed by atoms with E-state index in [9.17, 15) is 14.7 Å². The summed E-state index contributed by atoms with van der Waals surface area (Å²) < 4.78 is 5.93. The SMILES string of the molecule is CC12C=CC(C)(O1)C1C(=O)N(C3(CO)CC3)C(=O)C12. The molecule has 3 aliphatic heterocycles. The van der Waals surface area contributed by atoms with E-state index in [1.165, 1.54) is 4.90 Å². The van der Waals surface area contributed by atoms with Crippen LogP contribution in [0.5, 0.6) is 0 Å². The van der Waals surface area contributed by atoms with Crippen LogP contribution in [0.3, 0.4) is 0 Å². The van der Waals surface area contributed by atoms with Gasteiger partial charge in [-0.1, -0.05) is 12.2 Å². The number of carbonyl (C=O) groups excluding carboxylic acids is 2. The second-order valence-electron chi connectivity index (χ2n) is 6.65. The van der Waals surface area contributed by atoms with Crippen LogP contribution in [0.1, 0.15) is 26.7 Å². The fourth-order valence-corrected chi connectivity index (χ4v) is 4.10. The lowest BCUT2D eigenvalue weighted by molar-refractivity contribution is -0.151. The van der Waals surface area contributed by atoms with E-state index in [4.69, 9.17) is 4.74 Å². The van der Waals surface area contributed by atoms with Crippen molar-refractivity contribution >= 4 is 11.8 Å². The predicted octanol–water partition coefficient (Wildman–Crippen LogP) is 0.230. The zero-order valence-electron chi connectivity index (χ0n) is 11.0. The molecule has 5 nitrogen and oxygen atoms in total. The molecule has 2 saturated heterocycles. The van der Waals surface area contributed by atoms with E-state index >= 15 is 0 Å². The molecule has 102 valence electrons. The van der Waals surface area contributed by atoms with Crippen LogP contribution < -0.4 is 0 Å². The van der Waals surface area contributed by atoms with Gasteiger partial charge >= 0.3 is 0 Å². The Morgan fingerprint density at radius 3 is 2.05 bits per heavy atom. The Balaban J connectivity index is 1.81. The van der Waals surface area contributed by atoms with Gasteiger partial charge in [0.1, 0.15) is 0 Å². The van der Waals surface area contributed by atoms with Gasteiger partial charge in [0, 0.05) is 0 Å². The maximum atomic E-state index is 12.7. The third-order valence-electron chi connectivity index (χ3n) is 5.32. The number of aliphatic hydroxyl groups is 1. The Morgan fingerprint density at radius 1 is 1.21 bits per heavy atom. The lowest BCUT2D eigenvalue weighted by Gasteiger charge is -2.29. The van der Waals surface area contributed by atoms with Crippen molar-refractivity contribution in [1.29, 1.82) is 0 Å². The van der Waals surface area contributed by atoms with Crippen molar-refractivity contribution < 1.29 is 19.4 Å².